The van der Waals surface area contributed by atoms with Gasteiger partial charge in [-0.3, -0.25) is 0 Å². The fourth-order valence-corrected chi connectivity index (χ4v) is 1.92. The molecule has 0 spiro atoms. The van der Waals surface area contributed by atoms with Gasteiger partial charge >= 0.3 is 0 Å². The van der Waals surface area contributed by atoms with Crippen molar-refractivity contribution in [3.05, 3.63) is 18.2 Å². The highest BCUT2D eigenvalue weighted by Crippen LogP contribution is 2.26. The number of aryl methyl sites for hydroxylation is 1. The van der Waals surface area contributed by atoms with Crippen LogP contribution in [0.15, 0.2) is 12.5 Å². The number of nitrogens with zero attached hydrogens (tertiary/aromatic N) is 2. The van der Waals surface area contributed by atoms with Gasteiger partial charge in [0.15, 0.2) is 0 Å². The molecule has 0 amide bonds. The Labute approximate surface area is 84.1 Å². The molecule has 1 atom stereocenters. The number of rotatable bonds is 2. The third-order valence-electron chi connectivity index (χ3n) is 2.84. The molecule has 0 saturated carbocycles. The second-order valence-electron chi connectivity index (χ2n) is 3.94. The Morgan fingerprint density at radius 2 is 2.29 bits per heavy atom. The number of hydrogen-bond acceptors (Lipinski definition) is 3. The summed E-state index contributed by atoms with van der Waals surface area (Å²) in [6.45, 7) is 1.68. The first kappa shape index (κ1) is 9.68. The van der Waals surface area contributed by atoms with Crippen molar-refractivity contribution in [2.24, 2.45) is 18.7 Å². The van der Waals surface area contributed by atoms with Crippen molar-refractivity contribution in [2.75, 3.05) is 13.2 Å². The van der Waals surface area contributed by atoms with E-state index in [1.165, 1.54) is 0 Å². The summed E-state index contributed by atoms with van der Waals surface area (Å²) in [5.41, 5.74) is 7.15. The van der Waals surface area contributed by atoms with Crippen molar-refractivity contribution >= 4 is 0 Å². The highest BCUT2D eigenvalue weighted by molar-refractivity contribution is 5.04. The van der Waals surface area contributed by atoms with E-state index in [4.69, 9.17) is 10.5 Å². The lowest BCUT2D eigenvalue weighted by Gasteiger charge is -2.26. The minimum absolute atomic E-state index is 0.0695. The monoisotopic (exact) mass is 195 g/mol. The van der Waals surface area contributed by atoms with Crippen molar-refractivity contribution in [2.45, 2.75) is 18.9 Å². The first-order valence-corrected chi connectivity index (χ1v) is 5.08. The first-order valence-electron chi connectivity index (χ1n) is 5.08. The molecule has 1 saturated heterocycles. The summed E-state index contributed by atoms with van der Waals surface area (Å²) in [6.07, 6.45) is 5.91. The van der Waals surface area contributed by atoms with Crippen LogP contribution in [0.3, 0.4) is 0 Å². The van der Waals surface area contributed by atoms with Gasteiger partial charge in [-0.1, -0.05) is 0 Å². The van der Waals surface area contributed by atoms with E-state index in [-0.39, 0.29) is 6.04 Å². The lowest BCUT2D eigenvalue weighted by molar-refractivity contribution is 0.0580. The number of hydrogen-bond donors (Lipinski definition) is 1. The number of ether oxygens (including phenoxy) is 1. The van der Waals surface area contributed by atoms with Crippen molar-refractivity contribution in [3.8, 4) is 0 Å². The van der Waals surface area contributed by atoms with E-state index in [9.17, 15) is 0 Å². The molecule has 4 nitrogen and oxygen atoms in total. The highest BCUT2D eigenvalue weighted by atomic mass is 16.5. The first-order chi connectivity index (χ1) is 6.77. The number of imidazole rings is 1. The van der Waals surface area contributed by atoms with Gasteiger partial charge < -0.3 is 15.0 Å². The zero-order valence-electron chi connectivity index (χ0n) is 8.52. The van der Waals surface area contributed by atoms with E-state index in [0.717, 1.165) is 31.7 Å². The van der Waals surface area contributed by atoms with Crippen LogP contribution in [-0.2, 0) is 11.8 Å². The molecule has 78 valence electrons. The largest absolute Gasteiger partial charge is 0.381 e. The van der Waals surface area contributed by atoms with Gasteiger partial charge in [-0.05, 0) is 18.8 Å². The number of aromatic nitrogens is 2. The second kappa shape index (κ2) is 4.11. The molecule has 1 aliphatic heterocycles. The van der Waals surface area contributed by atoms with E-state index < -0.39 is 0 Å². The third kappa shape index (κ3) is 1.96. The van der Waals surface area contributed by atoms with Crippen LogP contribution in [0.4, 0.5) is 0 Å². The molecule has 0 radical (unpaired) electrons. The van der Waals surface area contributed by atoms with E-state index in [0.29, 0.717) is 5.92 Å². The predicted octanol–water partition coefficient (Wildman–Crippen LogP) is 0.846. The van der Waals surface area contributed by atoms with E-state index in [2.05, 4.69) is 4.98 Å². The molecular weight excluding hydrogens is 178 g/mol. The van der Waals surface area contributed by atoms with Crippen LogP contribution in [0, 0.1) is 5.92 Å². The maximum Gasteiger partial charge on any atom is 0.0947 e. The maximum atomic E-state index is 6.15. The van der Waals surface area contributed by atoms with Crippen LogP contribution in [0.2, 0.25) is 0 Å². The summed E-state index contributed by atoms with van der Waals surface area (Å²) in [5.74, 6) is 0.527. The summed E-state index contributed by atoms with van der Waals surface area (Å²) in [7, 11) is 1.97. The Hall–Kier alpha value is -0.870. The van der Waals surface area contributed by atoms with Crippen LogP contribution < -0.4 is 5.73 Å². The minimum Gasteiger partial charge on any atom is -0.381 e. The van der Waals surface area contributed by atoms with E-state index >= 15 is 0 Å². The normalized spacial score (nSPS) is 21.0. The molecule has 0 aromatic carbocycles. The molecule has 1 unspecified atom stereocenters. The van der Waals surface area contributed by atoms with Crippen molar-refractivity contribution in [1.82, 2.24) is 9.55 Å². The summed E-state index contributed by atoms with van der Waals surface area (Å²) < 4.78 is 7.25. The Morgan fingerprint density at radius 1 is 1.57 bits per heavy atom. The average molecular weight is 195 g/mol. The van der Waals surface area contributed by atoms with Crippen LogP contribution in [-0.4, -0.2) is 22.8 Å². The Balaban J connectivity index is 2.03. The second-order valence-corrected chi connectivity index (χ2v) is 3.94. The quantitative estimate of drug-likeness (QED) is 0.761. The van der Waals surface area contributed by atoms with Gasteiger partial charge in [-0.25, -0.2) is 4.98 Å². The van der Waals surface area contributed by atoms with Gasteiger partial charge in [0.1, 0.15) is 0 Å². The lowest BCUT2D eigenvalue weighted by Crippen LogP contribution is -2.27. The Morgan fingerprint density at radius 3 is 2.86 bits per heavy atom. The fraction of sp³-hybridized carbons (Fsp3) is 0.700. The average Bonchev–Trinajstić information content (AvgIpc) is 2.65. The van der Waals surface area contributed by atoms with Crippen LogP contribution in [0.1, 0.15) is 24.6 Å². The predicted molar refractivity (Wildman–Crippen MR) is 53.7 cm³/mol. The molecular formula is C10H17N3O. The minimum atomic E-state index is 0.0695. The molecule has 2 heterocycles. The van der Waals surface area contributed by atoms with Gasteiger partial charge in [0.05, 0.1) is 18.1 Å². The standard InChI is InChI=1S/C10H17N3O/c1-13-6-9(12-7-13)10(11)8-2-4-14-5-3-8/h6-8,10H,2-5,11H2,1H3. The lowest BCUT2D eigenvalue weighted by atomic mass is 9.91. The molecule has 1 aliphatic rings. The smallest absolute Gasteiger partial charge is 0.0947 e. The van der Waals surface area contributed by atoms with Crippen LogP contribution >= 0.6 is 0 Å². The molecule has 0 aliphatic carbocycles. The molecule has 1 aromatic rings. The summed E-state index contributed by atoms with van der Waals surface area (Å²) in [4.78, 5) is 4.29. The molecule has 1 fully saturated rings. The molecule has 14 heavy (non-hydrogen) atoms. The molecule has 1 aromatic heterocycles. The molecule has 2 N–H and O–H groups in total. The maximum absolute atomic E-state index is 6.15. The van der Waals surface area contributed by atoms with Crippen molar-refractivity contribution < 1.29 is 4.74 Å². The molecule has 2 rings (SSSR count). The summed E-state index contributed by atoms with van der Waals surface area (Å²) >= 11 is 0. The van der Waals surface area contributed by atoms with Crippen LogP contribution in [0.5, 0.6) is 0 Å². The van der Waals surface area contributed by atoms with Gasteiger partial charge in [0.2, 0.25) is 0 Å². The van der Waals surface area contributed by atoms with Gasteiger partial charge in [-0.2, -0.15) is 0 Å². The van der Waals surface area contributed by atoms with Gasteiger partial charge in [0, 0.05) is 26.5 Å². The Bertz CT molecular complexity index is 291. The van der Waals surface area contributed by atoms with Gasteiger partial charge in [-0.15, -0.1) is 0 Å². The molecule has 0 bridgehead atoms. The number of nitrogens with two attached hydrogens (primary N) is 1. The van der Waals surface area contributed by atoms with Gasteiger partial charge in [0.25, 0.3) is 0 Å². The zero-order valence-corrected chi connectivity index (χ0v) is 8.52. The van der Waals surface area contributed by atoms with Crippen molar-refractivity contribution in [3.63, 3.8) is 0 Å². The highest BCUT2D eigenvalue weighted by Gasteiger charge is 2.23. The van der Waals surface area contributed by atoms with E-state index in [1.807, 2.05) is 17.8 Å². The van der Waals surface area contributed by atoms with Crippen molar-refractivity contribution in [1.29, 1.82) is 0 Å². The summed E-state index contributed by atoms with van der Waals surface area (Å²) in [6, 6.07) is 0.0695. The third-order valence-corrected chi connectivity index (χ3v) is 2.84. The SMILES string of the molecule is Cn1cnc(C(N)C2CCOCC2)c1. The fourth-order valence-electron chi connectivity index (χ4n) is 1.92. The zero-order chi connectivity index (χ0) is 9.97. The molecule has 4 heteroatoms. The topological polar surface area (TPSA) is 53.1 Å². The van der Waals surface area contributed by atoms with E-state index in [1.54, 1.807) is 6.33 Å². The summed E-state index contributed by atoms with van der Waals surface area (Å²) in [5, 5.41) is 0. The Kier molecular flexibility index (Phi) is 2.84. The van der Waals surface area contributed by atoms with Crippen LogP contribution in [0.25, 0.3) is 0 Å².